The molecule has 3 aliphatic heterocycles. The number of piperidine rings is 1. The van der Waals surface area contributed by atoms with Gasteiger partial charge in [0.25, 0.3) is 10.2 Å². The van der Waals surface area contributed by atoms with E-state index in [1.807, 2.05) is 0 Å². The summed E-state index contributed by atoms with van der Waals surface area (Å²) in [5.74, 6) is 0.479. The van der Waals surface area contributed by atoms with Crippen LogP contribution in [0.3, 0.4) is 0 Å². The third-order valence-electron chi connectivity index (χ3n) is 4.57. The second-order valence-electron chi connectivity index (χ2n) is 5.86. The Hall–Kier alpha value is -0.210. The van der Waals surface area contributed by atoms with Crippen LogP contribution in [0.2, 0.25) is 0 Å². The van der Waals surface area contributed by atoms with Gasteiger partial charge in [-0.1, -0.05) is 0 Å². The summed E-state index contributed by atoms with van der Waals surface area (Å²) in [5.41, 5.74) is 5.65. The molecule has 0 spiro atoms. The van der Waals surface area contributed by atoms with E-state index in [9.17, 15) is 8.42 Å². The van der Waals surface area contributed by atoms with Gasteiger partial charge in [0.2, 0.25) is 0 Å². The predicted octanol–water partition coefficient (Wildman–Crippen LogP) is -0.235. The Kier molecular flexibility index (Phi) is 3.83. The maximum Gasteiger partial charge on any atom is 0.282 e. The number of ether oxygens (including phenoxy) is 1. The first-order valence-corrected chi connectivity index (χ1v) is 8.60. The smallest absolute Gasteiger partial charge is 0.282 e. The van der Waals surface area contributed by atoms with Gasteiger partial charge in [0.1, 0.15) is 0 Å². The standard InChI is InChI=1S/C12H23N3O3S/c13-7-10-3-5-14(6-4-10)19(16,17)15-8-11-1-2-12(9-15)18-11/h10-12H,1-9,13H2. The van der Waals surface area contributed by atoms with Gasteiger partial charge in [-0.2, -0.15) is 17.0 Å². The molecule has 2 N–H and O–H groups in total. The minimum absolute atomic E-state index is 0.107. The molecule has 0 radical (unpaired) electrons. The monoisotopic (exact) mass is 289 g/mol. The number of nitrogens with two attached hydrogens (primary N) is 1. The lowest BCUT2D eigenvalue weighted by Gasteiger charge is -2.37. The molecule has 19 heavy (non-hydrogen) atoms. The predicted molar refractivity (Wildman–Crippen MR) is 71.7 cm³/mol. The van der Waals surface area contributed by atoms with Crippen molar-refractivity contribution in [3.05, 3.63) is 0 Å². The molecule has 0 amide bonds. The van der Waals surface area contributed by atoms with Crippen LogP contribution >= 0.6 is 0 Å². The summed E-state index contributed by atoms with van der Waals surface area (Å²) in [6.07, 6.45) is 3.96. The highest BCUT2D eigenvalue weighted by Crippen LogP contribution is 2.29. The average molecular weight is 289 g/mol. The van der Waals surface area contributed by atoms with Crippen molar-refractivity contribution in [2.75, 3.05) is 32.7 Å². The zero-order valence-electron chi connectivity index (χ0n) is 11.2. The minimum Gasteiger partial charge on any atom is -0.372 e. The van der Waals surface area contributed by atoms with Gasteiger partial charge in [0.05, 0.1) is 12.2 Å². The van der Waals surface area contributed by atoms with Gasteiger partial charge < -0.3 is 10.5 Å². The Balaban J connectivity index is 1.66. The zero-order valence-corrected chi connectivity index (χ0v) is 12.0. The van der Waals surface area contributed by atoms with Crippen LogP contribution < -0.4 is 5.73 Å². The molecule has 3 fully saturated rings. The normalized spacial score (nSPS) is 34.8. The van der Waals surface area contributed by atoms with Crippen LogP contribution in [0.25, 0.3) is 0 Å². The number of morpholine rings is 1. The van der Waals surface area contributed by atoms with Crippen LogP contribution in [0.15, 0.2) is 0 Å². The quantitative estimate of drug-likeness (QED) is 0.778. The Morgan fingerprint density at radius 1 is 1.00 bits per heavy atom. The molecule has 2 atom stereocenters. The molecule has 110 valence electrons. The Morgan fingerprint density at radius 2 is 1.58 bits per heavy atom. The second kappa shape index (κ2) is 5.29. The largest absolute Gasteiger partial charge is 0.372 e. The molecule has 3 heterocycles. The van der Waals surface area contributed by atoms with Crippen molar-refractivity contribution in [2.45, 2.75) is 37.9 Å². The van der Waals surface area contributed by atoms with Crippen molar-refractivity contribution in [3.8, 4) is 0 Å². The molecule has 3 aliphatic rings. The van der Waals surface area contributed by atoms with Gasteiger partial charge in [0, 0.05) is 26.2 Å². The molecule has 7 heteroatoms. The molecule has 0 aromatic rings. The molecule has 0 aromatic carbocycles. The maximum absolute atomic E-state index is 12.6. The SMILES string of the molecule is NCC1CCN(S(=O)(=O)N2CC3CCC(C2)O3)CC1. The molecule has 6 nitrogen and oxygen atoms in total. The first-order valence-electron chi connectivity index (χ1n) is 7.20. The van der Waals surface area contributed by atoms with E-state index in [1.165, 1.54) is 0 Å². The highest BCUT2D eigenvalue weighted by atomic mass is 32.2. The number of hydrogen-bond acceptors (Lipinski definition) is 4. The van der Waals surface area contributed by atoms with E-state index in [4.69, 9.17) is 10.5 Å². The van der Waals surface area contributed by atoms with E-state index in [0.717, 1.165) is 25.7 Å². The van der Waals surface area contributed by atoms with E-state index >= 15 is 0 Å². The maximum atomic E-state index is 12.6. The third kappa shape index (κ3) is 2.67. The fraction of sp³-hybridized carbons (Fsp3) is 1.00. The first kappa shape index (κ1) is 13.8. The van der Waals surface area contributed by atoms with Crippen molar-refractivity contribution in [3.63, 3.8) is 0 Å². The lowest BCUT2D eigenvalue weighted by atomic mass is 9.99. The molecular formula is C12H23N3O3S. The molecule has 0 saturated carbocycles. The van der Waals surface area contributed by atoms with Crippen LogP contribution in [0.1, 0.15) is 25.7 Å². The number of fused-ring (bicyclic) bond motifs is 2. The summed E-state index contributed by atoms with van der Waals surface area (Å²) in [4.78, 5) is 0. The number of nitrogens with zero attached hydrogens (tertiary/aromatic N) is 2. The van der Waals surface area contributed by atoms with Crippen molar-refractivity contribution in [2.24, 2.45) is 11.7 Å². The Labute approximate surface area is 115 Å². The summed E-state index contributed by atoms with van der Waals surface area (Å²) in [6.45, 7) is 2.93. The highest BCUT2D eigenvalue weighted by Gasteiger charge is 2.41. The number of hydrogen-bond donors (Lipinski definition) is 1. The van der Waals surface area contributed by atoms with Crippen molar-refractivity contribution in [1.29, 1.82) is 0 Å². The van der Waals surface area contributed by atoms with Gasteiger partial charge in [0.15, 0.2) is 0 Å². The van der Waals surface area contributed by atoms with E-state index in [-0.39, 0.29) is 12.2 Å². The fourth-order valence-electron chi connectivity index (χ4n) is 3.30. The summed E-state index contributed by atoms with van der Waals surface area (Å²) >= 11 is 0. The Bertz CT molecular complexity index is 408. The lowest BCUT2D eigenvalue weighted by molar-refractivity contribution is -0.0134. The van der Waals surface area contributed by atoms with E-state index in [2.05, 4.69) is 0 Å². The van der Waals surface area contributed by atoms with E-state index in [0.29, 0.717) is 38.6 Å². The fourth-order valence-corrected chi connectivity index (χ4v) is 5.01. The molecule has 0 aliphatic carbocycles. The summed E-state index contributed by atoms with van der Waals surface area (Å²) in [6, 6.07) is 0. The average Bonchev–Trinajstić information content (AvgIpc) is 2.77. The van der Waals surface area contributed by atoms with Crippen molar-refractivity contribution in [1.82, 2.24) is 8.61 Å². The summed E-state index contributed by atoms with van der Waals surface area (Å²) in [7, 11) is -3.30. The van der Waals surface area contributed by atoms with Crippen LogP contribution in [0.5, 0.6) is 0 Å². The highest BCUT2D eigenvalue weighted by molar-refractivity contribution is 7.86. The summed E-state index contributed by atoms with van der Waals surface area (Å²) < 4.78 is 34.2. The van der Waals surface area contributed by atoms with Crippen LogP contribution in [-0.4, -0.2) is 62.0 Å². The van der Waals surface area contributed by atoms with Gasteiger partial charge in [-0.05, 0) is 38.1 Å². The zero-order chi connectivity index (χ0) is 13.5. The molecule has 2 bridgehead atoms. The van der Waals surface area contributed by atoms with Crippen LogP contribution in [-0.2, 0) is 14.9 Å². The minimum atomic E-state index is -3.30. The second-order valence-corrected chi connectivity index (χ2v) is 7.79. The van der Waals surface area contributed by atoms with Crippen LogP contribution in [0.4, 0.5) is 0 Å². The van der Waals surface area contributed by atoms with Gasteiger partial charge in [-0.15, -0.1) is 0 Å². The van der Waals surface area contributed by atoms with Crippen molar-refractivity contribution < 1.29 is 13.2 Å². The van der Waals surface area contributed by atoms with E-state index in [1.54, 1.807) is 8.61 Å². The molecule has 3 rings (SSSR count). The van der Waals surface area contributed by atoms with Crippen LogP contribution in [0, 0.1) is 5.92 Å². The van der Waals surface area contributed by atoms with Gasteiger partial charge in [-0.25, -0.2) is 0 Å². The topological polar surface area (TPSA) is 75.9 Å². The Morgan fingerprint density at radius 3 is 2.11 bits per heavy atom. The molecule has 0 aromatic heterocycles. The summed E-state index contributed by atoms with van der Waals surface area (Å²) in [5, 5.41) is 0. The van der Waals surface area contributed by atoms with Gasteiger partial charge in [-0.3, -0.25) is 0 Å². The lowest BCUT2D eigenvalue weighted by Crippen LogP contribution is -2.53. The molecule has 2 unspecified atom stereocenters. The number of rotatable bonds is 3. The molecule has 3 saturated heterocycles. The first-order chi connectivity index (χ1) is 9.09. The van der Waals surface area contributed by atoms with Crippen molar-refractivity contribution >= 4 is 10.2 Å². The third-order valence-corrected chi connectivity index (χ3v) is 6.54. The molecular weight excluding hydrogens is 266 g/mol. The van der Waals surface area contributed by atoms with Gasteiger partial charge >= 0.3 is 0 Å². The van der Waals surface area contributed by atoms with E-state index < -0.39 is 10.2 Å².